The first-order chi connectivity index (χ1) is 7.76. The Labute approximate surface area is 93.3 Å². The van der Waals surface area contributed by atoms with Gasteiger partial charge in [0, 0.05) is 17.3 Å². The molecule has 78 valence electrons. The average Bonchev–Trinajstić information content (AvgIpc) is 2.73. The van der Waals surface area contributed by atoms with Crippen molar-refractivity contribution in [2.75, 3.05) is 0 Å². The minimum atomic E-state index is 0.422. The fourth-order valence-corrected chi connectivity index (χ4v) is 1.65. The third-order valence-corrected chi connectivity index (χ3v) is 2.49. The molecule has 0 atom stereocenters. The van der Waals surface area contributed by atoms with E-state index in [-0.39, 0.29) is 0 Å². The van der Waals surface area contributed by atoms with Gasteiger partial charge in [0.05, 0.1) is 0 Å². The molecule has 3 nitrogen and oxygen atoms in total. The van der Waals surface area contributed by atoms with E-state index in [9.17, 15) is 4.79 Å². The van der Waals surface area contributed by atoms with Crippen molar-refractivity contribution < 1.29 is 4.79 Å². The predicted octanol–water partition coefficient (Wildman–Crippen LogP) is 2.67. The van der Waals surface area contributed by atoms with Gasteiger partial charge in [-0.3, -0.25) is 4.79 Å². The summed E-state index contributed by atoms with van der Waals surface area (Å²) < 4.78 is 0. The van der Waals surface area contributed by atoms with Gasteiger partial charge in [-0.05, 0) is 12.5 Å². The van der Waals surface area contributed by atoms with E-state index in [2.05, 4.69) is 4.98 Å². The SMILES string of the molecule is Cc1ccc(-c2c(C=O)c[nH]c2C#N)cc1. The molecule has 0 saturated carbocycles. The predicted molar refractivity (Wildman–Crippen MR) is 61.1 cm³/mol. The summed E-state index contributed by atoms with van der Waals surface area (Å²) in [6.07, 6.45) is 2.31. The van der Waals surface area contributed by atoms with E-state index in [1.165, 1.54) is 0 Å². The molecule has 1 heterocycles. The van der Waals surface area contributed by atoms with Crippen molar-refractivity contribution in [1.82, 2.24) is 4.98 Å². The maximum absolute atomic E-state index is 10.9. The third kappa shape index (κ3) is 1.61. The Balaban J connectivity index is 2.62. The monoisotopic (exact) mass is 210 g/mol. The number of hydrogen-bond acceptors (Lipinski definition) is 2. The highest BCUT2D eigenvalue weighted by Gasteiger charge is 2.12. The van der Waals surface area contributed by atoms with E-state index < -0.39 is 0 Å². The third-order valence-electron chi connectivity index (χ3n) is 2.49. The first-order valence-corrected chi connectivity index (χ1v) is 4.90. The molecule has 0 unspecified atom stereocenters. The van der Waals surface area contributed by atoms with Crippen LogP contribution >= 0.6 is 0 Å². The van der Waals surface area contributed by atoms with Crippen LogP contribution in [0.2, 0.25) is 0 Å². The number of aldehydes is 1. The zero-order valence-electron chi connectivity index (χ0n) is 8.82. The smallest absolute Gasteiger partial charge is 0.152 e. The van der Waals surface area contributed by atoms with E-state index in [0.717, 1.165) is 17.4 Å². The van der Waals surface area contributed by atoms with Crippen LogP contribution in [0.3, 0.4) is 0 Å². The summed E-state index contributed by atoms with van der Waals surface area (Å²) in [6.45, 7) is 1.99. The van der Waals surface area contributed by atoms with Gasteiger partial charge in [0.2, 0.25) is 0 Å². The molecule has 0 bridgehead atoms. The number of aromatic nitrogens is 1. The maximum Gasteiger partial charge on any atom is 0.152 e. The molecule has 16 heavy (non-hydrogen) atoms. The highest BCUT2D eigenvalue weighted by molar-refractivity contribution is 5.89. The van der Waals surface area contributed by atoms with Crippen LogP contribution in [0.1, 0.15) is 21.6 Å². The zero-order valence-corrected chi connectivity index (χ0v) is 8.82. The van der Waals surface area contributed by atoms with Crippen LogP contribution in [0.4, 0.5) is 0 Å². The van der Waals surface area contributed by atoms with Gasteiger partial charge < -0.3 is 4.98 Å². The minimum absolute atomic E-state index is 0.422. The van der Waals surface area contributed by atoms with E-state index in [0.29, 0.717) is 16.8 Å². The molecular formula is C13H10N2O. The first-order valence-electron chi connectivity index (χ1n) is 4.90. The second-order valence-corrected chi connectivity index (χ2v) is 3.59. The van der Waals surface area contributed by atoms with Gasteiger partial charge in [-0.25, -0.2) is 0 Å². The Morgan fingerprint density at radius 1 is 1.31 bits per heavy atom. The quantitative estimate of drug-likeness (QED) is 0.775. The summed E-state index contributed by atoms with van der Waals surface area (Å²) >= 11 is 0. The molecule has 1 N–H and O–H groups in total. The fourth-order valence-electron chi connectivity index (χ4n) is 1.65. The lowest BCUT2D eigenvalue weighted by Gasteiger charge is -2.01. The van der Waals surface area contributed by atoms with Crippen molar-refractivity contribution in [3.8, 4) is 17.2 Å². The van der Waals surface area contributed by atoms with E-state index >= 15 is 0 Å². The van der Waals surface area contributed by atoms with Gasteiger partial charge in [-0.15, -0.1) is 0 Å². The van der Waals surface area contributed by atoms with E-state index in [1.807, 2.05) is 37.3 Å². The molecule has 0 amide bonds. The Hall–Kier alpha value is -2.34. The molecule has 0 aliphatic rings. The number of carbonyl (C=O) groups is 1. The molecule has 3 heteroatoms. The summed E-state index contributed by atoms with van der Waals surface area (Å²) in [6, 6.07) is 9.78. The molecule has 1 aromatic carbocycles. The van der Waals surface area contributed by atoms with Crippen LogP contribution in [0.5, 0.6) is 0 Å². The number of aryl methyl sites for hydroxylation is 1. The Bertz CT molecular complexity index is 559. The van der Waals surface area contributed by atoms with Gasteiger partial charge >= 0.3 is 0 Å². The van der Waals surface area contributed by atoms with Crippen LogP contribution in [0.25, 0.3) is 11.1 Å². The minimum Gasteiger partial charge on any atom is -0.352 e. The number of benzene rings is 1. The number of H-pyrrole nitrogens is 1. The van der Waals surface area contributed by atoms with E-state index in [4.69, 9.17) is 5.26 Å². The summed E-state index contributed by atoms with van der Waals surface area (Å²) in [5.74, 6) is 0. The summed E-state index contributed by atoms with van der Waals surface area (Å²) in [5.41, 5.74) is 3.64. The molecule has 0 radical (unpaired) electrons. The van der Waals surface area contributed by atoms with Gasteiger partial charge in [0.25, 0.3) is 0 Å². The lowest BCUT2D eigenvalue weighted by Crippen LogP contribution is -1.85. The number of nitrogens with one attached hydrogen (secondary N) is 1. The maximum atomic E-state index is 10.9. The van der Waals surface area contributed by atoms with Gasteiger partial charge in [-0.1, -0.05) is 29.8 Å². The number of nitriles is 1. The number of nitrogens with zero attached hydrogens (tertiary/aromatic N) is 1. The van der Waals surface area contributed by atoms with Crippen LogP contribution < -0.4 is 0 Å². The lowest BCUT2D eigenvalue weighted by atomic mass is 10.0. The van der Waals surface area contributed by atoms with Gasteiger partial charge in [0.1, 0.15) is 11.8 Å². The molecular weight excluding hydrogens is 200 g/mol. The highest BCUT2D eigenvalue weighted by Crippen LogP contribution is 2.26. The van der Waals surface area contributed by atoms with Crippen molar-refractivity contribution in [3.63, 3.8) is 0 Å². The van der Waals surface area contributed by atoms with Crippen molar-refractivity contribution in [3.05, 3.63) is 47.3 Å². The normalized spacial score (nSPS) is 9.75. The van der Waals surface area contributed by atoms with Crippen molar-refractivity contribution in [2.24, 2.45) is 0 Å². The van der Waals surface area contributed by atoms with Crippen molar-refractivity contribution in [1.29, 1.82) is 5.26 Å². The largest absolute Gasteiger partial charge is 0.352 e. The topological polar surface area (TPSA) is 56.6 Å². The molecule has 0 fully saturated rings. The Kier molecular flexibility index (Phi) is 2.57. The van der Waals surface area contributed by atoms with Gasteiger partial charge in [0.15, 0.2) is 6.29 Å². The standard InChI is InChI=1S/C13H10N2O/c1-9-2-4-10(5-3-9)13-11(8-16)7-15-12(13)6-14/h2-5,7-8,15H,1H3. The van der Waals surface area contributed by atoms with Crippen LogP contribution in [-0.2, 0) is 0 Å². The van der Waals surface area contributed by atoms with E-state index in [1.54, 1.807) is 6.20 Å². The number of aromatic amines is 1. The van der Waals surface area contributed by atoms with Crippen molar-refractivity contribution >= 4 is 6.29 Å². The van der Waals surface area contributed by atoms with Gasteiger partial charge in [-0.2, -0.15) is 5.26 Å². The number of hydrogen-bond donors (Lipinski definition) is 1. The molecule has 0 spiro atoms. The Morgan fingerprint density at radius 3 is 2.56 bits per heavy atom. The van der Waals surface area contributed by atoms with Crippen LogP contribution in [0.15, 0.2) is 30.5 Å². The Morgan fingerprint density at radius 2 is 2.00 bits per heavy atom. The first kappa shape index (κ1) is 10.2. The lowest BCUT2D eigenvalue weighted by molar-refractivity contribution is 0.112. The zero-order chi connectivity index (χ0) is 11.5. The second kappa shape index (κ2) is 4.03. The molecule has 0 aliphatic heterocycles. The van der Waals surface area contributed by atoms with Crippen LogP contribution in [0, 0.1) is 18.3 Å². The highest BCUT2D eigenvalue weighted by atomic mass is 16.1. The summed E-state index contributed by atoms with van der Waals surface area (Å²) in [7, 11) is 0. The number of carbonyl (C=O) groups excluding carboxylic acids is 1. The van der Waals surface area contributed by atoms with Crippen molar-refractivity contribution in [2.45, 2.75) is 6.92 Å². The molecule has 1 aromatic heterocycles. The summed E-state index contributed by atoms with van der Waals surface area (Å²) in [4.78, 5) is 13.7. The second-order valence-electron chi connectivity index (χ2n) is 3.59. The fraction of sp³-hybridized carbons (Fsp3) is 0.0769. The molecule has 2 aromatic rings. The summed E-state index contributed by atoms with van der Waals surface area (Å²) in [5, 5.41) is 8.95. The molecule has 0 aliphatic carbocycles. The van der Waals surface area contributed by atoms with Crippen LogP contribution in [-0.4, -0.2) is 11.3 Å². The molecule has 0 saturated heterocycles. The number of rotatable bonds is 2. The molecule has 2 rings (SSSR count). The average molecular weight is 210 g/mol.